The van der Waals surface area contributed by atoms with Crippen LogP contribution in [0.2, 0.25) is 0 Å². The summed E-state index contributed by atoms with van der Waals surface area (Å²) in [5, 5.41) is 18.1. The van der Waals surface area contributed by atoms with E-state index in [1.54, 1.807) is 20.8 Å². The van der Waals surface area contributed by atoms with Crippen molar-refractivity contribution in [2.45, 2.75) is 31.1 Å². The monoisotopic (exact) mass is 263 g/mol. The van der Waals surface area contributed by atoms with Gasteiger partial charge in [-0.05, 0) is 23.1 Å². The smallest absolute Gasteiger partial charge is 0.124 e. The summed E-state index contributed by atoms with van der Waals surface area (Å²) in [6.07, 6.45) is 0. The molecule has 0 radical (unpaired) electrons. The van der Waals surface area contributed by atoms with Crippen molar-refractivity contribution < 1.29 is 13.0 Å². The van der Waals surface area contributed by atoms with E-state index in [0.29, 0.717) is 5.56 Å². The first kappa shape index (κ1) is 14.2. The molecule has 0 bridgehead atoms. The second kappa shape index (κ2) is 4.41. The van der Waals surface area contributed by atoms with Gasteiger partial charge in [0, 0.05) is 0 Å². The molecule has 0 aromatic heterocycles. The average Bonchev–Trinajstić information content (AvgIpc) is 2.24. The lowest BCUT2D eigenvalue weighted by atomic mass is 9.81. The molecule has 94 valence electrons. The highest BCUT2D eigenvalue weighted by molar-refractivity contribution is 7.85. The van der Waals surface area contributed by atoms with Gasteiger partial charge >= 0.3 is 0 Å². The van der Waals surface area contributed by atoms with Gasteiger partial charge in [0.25, 0.3) is 0 Å². The molecule has 0 aliphatic rings. The molecule has 0 spiro atoms. The van der Waals surface area contributed by atoms with Crippen LogP contribution in [0.15, 0.2) is 17.0 Å². The molecule has 0 heterocycles. The number of hydrogen-bond donors (Lipinski definition) is 0. The topological polar surface area (TPSA) is 105 Å². The Labute approximate surface area is 106 Å². The third-order valence-electron chi connectivity index (χ3n) is 2.39. The number of nitriles is 2. The molecule has 0 saturated carbocycles. The molecule has 0 fully saturated rings. The lowest BCUT2D eigenvalue weighted by molar-refractivity contribution is 0.462. The molecule has 0 atom stereocenters. The Balaban J connectivity index is 3.80. The Hall–Kier alpha value is -1.89. The largest absolute Gasteiger partial charge is 0.744 e. The van der Waals surface area contributed by atoms with Gasteiger partial charge < -0.3 is 4.55 Å². The van der Waals surface area contributed by atoms with Crippen LogP contribution in [0.5, 0.6) is 0 Å². The Morgan fingerprint density at radius 1 is 1.11 bits per heavy atom. The molecular weight excluding hydrogens is 252 g/mol. The molecule has 1 rings (SSSR count). The van der Waals surface area contributed by atoms with Crippen LogP contribution in [-0.2, 0) is 15.5 Å². The van der Waals surface area contributed by atoms with Gasteiger partial charge in [-0.15, -0.1) is 0 Å². The van der Waals surface area contributed by atoms with Crippen LogP contribution in [0.4, 0.5) is 0 Å². The molecule has 0 aliphatic heterocycles. The molecule has 18 heavy (non-hydrogen) atoms. The summed E-state index contributed by atoms with van der Waals surface area (Å²) in [5.41, 5.74) is 0.0215. The minimum absolute atomic E-state index is 0.0379. The van der Waals surface area contributed by atoms with E-state index >= 15 is 0 Å². The molecule has 0 N–H and O–H groups in total. The quantitative estimate of drug-likeness (QED) is 0.716. The van der Waals surface area contributed by atoms with Gasteiger partial charge in [-0.3, -0.25) is 0 Å². The zero-order valence-corrected chi connectivity index (χ0v) is 11.0. The van der Waals surface area contributed by atoms with Gasteiger partial charge in [0.2, 0.25) is 0 Å². The fourth-order valence-corrected chi connectivity index (χ4v) is 2.27. The SMILES string of the molecule is CC(C)(C)c1c(C#N)cc(S(=O)(=O)[O-])cc1C#N. The van der Waals surface area contributed by atoms with E-state index in [-0.39, 0.29) is 11.1 Å². The van der Waals surface area contributed by atoms with E-state index in [1.165, 1.54) is 0 Å². The summed E-state index contributed by atoms with van der Waals surface area (Å²) in [6.45, 7) is 5.40. The highest BCUT2D eigenvalue weighted by Crippen LogP contribution is 2.31. The first-order valence-electron chi connectivity index (χ1n) is 5.06. The minimum Gasteiger partial charge on any atom is -0.744 e. The average molecular weight is 263 g/mol. The van der Waals surface area contributed by atoms with Crippen LogP contribution in [0.1, 0.15) is 37.5 Å². The second-order valence-corrected chi connectivity index (χ2v) is 6.20. The van der Waals surface area contributed by atoms with Crippen LogP contribution in [0, 0.1) is 22.7 Å². The molecule has 0 unspecified atom stereocenters. The summed E-state index contributed by atoms with van der Waals surface area (Å²) in [7, 11) is -4.68. The molecule has 0 saturated heterocycles. The molecule has 0 amide bonds. The minimum atomic E-state index is -4.68. The molecule has 6 heteroatoms. The van der Waals surface area contributed by atoms with Crippen molar-refractivity contribution in [1.82, 2.24) is 0 Å². The van der Waals surface area contributed by atoms with Crippen molar-refractivity contribution in [3.63, 3.8) is 0 Å². The van der Waals surface area contributed by atoms with Gasteiger partial charge in [0.05, 0.1) is 28.2 Å². The normalized spacial score (nSPS) is 11.7. The van der Waals surface area contributed by atoms with E-state index < -0.39 is 20.4 Å². The molecule has 5 nitrogen and oxygen atoms in total. The summed E-state index contributed by atoms with van der Waals surface area (Å²) in [5.74, 6) is 0. The zero-order valence-electron chi connectivity index (χ0n) is 10.2. The second-order valence-electron chi connectivity index (χ2n) is 4.82. The number of nitrogens with zero attached hydrogens (tertiary/aromatic N) is 2. The van der Waals surface area contributed by atoms with Crippen molar-refractivity contribution in [1.29, 1.82) is 10.5 Å². The molecule has 0 aliphatic carbocycles. The lowest BCUT2D eigenvalue weighted by Crippen LogP contribution is -2.16. The Kier molecular flexibility index (Phi) is 3.47. The van der Waals surface area contributed by atoms with Crippen LogP contribution in [-0.4, -0.2) is 13.0 Å². The summed E-state index contributed by atoms with van der Waals surface area (Å²) >= 11 is 0. The van der Waals surface area contributed by atoms with E-state index in [1.807, 2.05) is 12.1 Å². The van der Waals surface area contributed by atoms with Gasteiger partial charge in [0.1, 0.15) is 10.1 Å². The van der Waals surface area contributed by atoms with Crippen molar-refractivity contribution in [3.8, 4) is 12.1 Å². The fourth-order valence-electron chi connectivity index (χ4n) is 1.74. The predicted molar refractivity (Wildman–Crippen MR) is 62.5 cm³/mol. The van der Waals surface area contributed by atoms with Crippen LogP contribution >= 0.6 is 0 Å². The molecule has 1 aromatic carbocycles. The Morgan fingerprint density at radius 3 is 1.72 bits per heavy atom. The molecular formula is C12H11N2O3S-. The highest BCUT2D eigenvalue weighted by atomic mass is 32.2. The van der Waals surface area contributed by atoms with Crippen molar-refractivity contribution in [2.24, 2.45) is 0 Å². The maximum absolute atomic E-state index is 11.0. The fraction of sp³-hybridized carbons (Fsp3) is 0.333. The van der Waals surface area contributed by atoms with Crippen molar-refractivity contribution in [3.05, 3.63) is 28.8 Å². The van der Waals surface area contributed by atoms with Gasteiger partial charge in [-0.1, -0.05) is 20.8 Å². The predicted octanol–water partition coefficient (Wildman–Crippen LogP) is 1.63. The Morgan fingerprint density at radius 2 is 1.50 bits per heavy atom. The summed E-state index contributed by atoms with van der Waals surface area (Å²) < 4.78 is 32.9. The number of hydrogen-bond acceptors (Lipinski definition) is 5. The number of benzene rings is 1. The summed E-state index contributed by atoms with van der Waals surface area (Å²) in [4.78, 5) is -0.552. The first-order chi connectivity index (χ1) is 8.11. The van der Waals surface area contributed by atoms with Crippen molar-refractivity contribution in [2.75, 3.05) is 0 Å². The highest BCUT2D eigenvalue weighted by Gasteiger charge is 2.24. The van der Waals surface area contributed by atoms with Gasteiger partial charge in [0.15, 0.2) is 0 Å². The van der Waals surface area contributed by atoms with Crippen molar-refractivity contribution >= 4 is 10.1 Å². The van der Waals surface area contributed by atoms with Crippen LogP contribution in [0.25, 0.3) is 0 Å². The standard InChI is InChI=1S/C12H12N2O3S/c1-12(2,3)11-8(6-13)4-10(18(15,16)17)5-9(11)7-14/h4-5H,1-3H3,(H,15,16,17)/p-1. The van der Waals surface area contributed by atoms with E-state index in [0.717, 1.165) is 12.1 Å². The third-order valence-corrected chi connectivity index (χ3v) is 3.20. The first-order valence-corrected chi connectivity index (χ1v) is 6.46. The maximum Gasteiger partial charge on any atom is 0.124 e. The Bertz CT molecular complexity index is 636. The third kappa shape index (κ3) is 2.67. The van der Waals surface area contributed by atoms with E-state index in [2.05, 4.69) is 0 Å². The van der Waals surface area contributed by atoms with E-state index in [9.17, 15) is 13.0 Å². The maximum atomic E-state index is 11.0. The van der Waals surface area contributed by atoms with Crippen LogP contribution < -0.4 is 0 Å². The summed E-state index contributed by atoms with van der Waals surface area (Å²) in [6, 6.07) is 5.70. The lowest BCUT2D eigenvalue weighted by Gasteiger charge is -2.23. The van der Waals surface area contributed by atoms with Gasteiger partial charge in [-0.25, -0.2) is 8.42 Å². The number of rotatable bonds is 1. The zero-order chi connectivity index (χ0) is 14.1. The van der Waals surface area contributed by atoms with Crippen LogP contribution in [0.3, 0.4) is 0 Å². The molecule has 1 aromatic rings. The van der Waals surface area contributed by atoms with E-state index in [4.69, 9.17) is 10.5 Å². The van der Waals surface area contributed by atoms with Gasteiger partial charge in [-0.2, -0.15) is 10.5 Å².